The number of benzene rings is 1. The monoisotopic (exact) mass is 301 g/mol. The van der Waals surface area contributed by atoms with Gasteiger partial charge in [0, 0.05) is 29.9 Å². The molecule has 0 saturated carbocycles. The number of aliphatic hydroxyl groups excluding tert-OH is 1. The number of rotatable bonds is 5. The number of phenols is 1. The van der Waals surface area contributed by atoms with E-state index in [-0.39, 0.29) is 6.61 Å². The van der Waals surface area contributed by atoms with Crippen LogP contribution in [0.1, 0.15) is 30.0 Å². The van der Waals surface area contributed by atoms with Gasteiger partial charge in [-0.2, -0.15) is 5.10 Å². The summed E-state index contributed by atoms with van der Waals surface area (Å²) in [6.07, 6.45) is 3.99. The molecule has 1 aromatic heterocycles. The third-order valence-corrected chi connectivity index (χ3v) is 4.45. The highest BCUT2D eigenvalue weighted by molar-refractivity contribution is 5.31. The zero-order valence-electron chi connectivity index (χ0n) is 12.7. The van der Waals surface area contributed by atoms with Crippen molar-refractivity contribution in [3.63, 3.8) is 0 Å². The first-order chi connectivity index (χ1) is 10.8. The Balaban J connectivity index is 1.58. The molecule has 0 atom stereocenters. The number of aromatic hydroxyl groups is 1. The smallest absolute Gasteiger partial charge is 0.120 e. The number of phenolic OH excluding ortho intramolecular Hbond substituents is 1. The van der Waals surface area contributed by atoms with Crippen molar-refractivity contribution in [2.75, 3.05) is 19.7 Å². The molecule has 3 rings (SSSR count). The zero-order valence-corrected chi connectivity index (χ0v) is 12.7. The number of aliphatic hydroxyl groups is 1. The van der Waals surface area contributed by atoms with Crippen molar-refractivity contribution in [3.05, 3.63) is 47.8 Å². The molecule has 1 aromatic carbocycles. The number of likely N-dealkylation sites (tertiary alicyclic amines) is 1. The van der Waals surface area contributed by atoms with Crippen molar-refractivity contribution in [2.24, 2.45) is 0 Å². The SMILES string of the molecule is OCCn1nccc1C1CCN(Cc2ccccc2O)CC1. The average molecular weight is 301 g/mol. The molecule has 0 amide bonds. The first-order valence-electron chi connectivity index (χ1n) is 7.89. The van der Waals surface area contributed by atoms with Gasteiger partial charge in [0.15, 0.2) is 0 Å². The van der Waals surface area contributed by atoms with Gasteiger partial charge in [0.2, 0.25) is 0 Å². The Morgan fingerprint density at radius 1 is 1.14 bits per heavy atom. The average Bonchev–Trinajstić information content (AvgIpc) is 2.99. The molecular weight excluding hydrogens is 278 g/mol. The van der Waals surface area contributed by atoms with Crippen LogP contribution in [0.4, 0.5) is 0 Å². The second kappa shape index (κ2) is 6.94. The predicted octanol–water partition coefficient (Wildman–Crippen LogP) is 1.96. The van der Waals surface area contributed by atoms with Crippen LogP contribution in [0.3, 0.4) is 0 Å². The van der Waals surface area contributed by atoms with E-state index in [4.69, 9.17) is 5.11 Å². The molecule has 2 aromatic rings. The molecule has 0 aliphatic carbocycles. The molecule has 2 heterocycles. The first kappa shape index (κ1) is 15.1. The van der Waals surface area contributed by atoms with Gasteiger partial charge in [0.05, 0.1) is 13.2 Å². The molecule has 0 bridgehead atoms. The fraction of sp³-hybridized carbons (Fsp3) is 0.471. The minimum Gasteiger partial charge on any atom is -0.508 e. The maximum absolute atomic E-state index is 9.88. The number of hydrogen-bond donors (Lipinski definition) is 2. The highest BCUT2D eigenvalue weighted by Crippen LogP contribution is 2.29. The summed E-state index contributed by atoms with van der Waals surface area (Å²) >= 11 is 0. The topological polar surface area (TPSA) is 61.5 Å². The molecule has 2 N–H and O–H groups in total. The lowest BCUT2D eigenvalue weighted by Crippen LogP contribution is -2.33. The van der Waals surface area contributed by atoms with E-state index in [0.29, 0.717) is 18.2 Å². The molecule has 22 heavy (non-hydrogen) atoms. The normalized spacial score (nSPS) is 17.0. The van der Waals surface area contributed by atoms with Crippen LogP contribution in [0.25, 0.3) is 0 Å². The molecule has 0 radical (unpaired) electrons. The van der Waals surface area contributed by atoms with E-state index in [9.17, 15) is 5.11 Å². The van der Waals surface area contributed by atoms with Crippen molar-refractivity contribution < 1.29 is 10.2 Å². The fourth-order valence-electron chi connectivity index (χ4n) is 3.24. The van der Waals surface area contributed by atoms with Crippen LogP contribution in [0, 0.1) is 0 Å². The Bertz CT molecular complexity index is 603. The van der Waals surface area contributed by atoms with E-state index in [0.717, 1.165) is 38.0 Å². The molecule has 0 spiro atoms. The Morgan fingerprint density at radius 3 is 2.64 bits per heavy atom. The summed E-state index contributed by atoms with van der Waals surface area (Å²) in [7, 11) is 0. The van der Waals surface area contributed by atoms with Crippen molar-refractivity contribution in [1.82, 2.24) is 14.7 Å². The number of aromatic nitrogens is 2. The van der Waals surface area contributed by atoms with E-state index < -0.39 is 0 Å². The largest absolute Gasteiger partial charge is 0.508 e. The Labute approximate surface area is 130 Å². The standard InChI is InChI=1S/C17H23N3O2/c21-12-11-20-16(5-8-18-20)14-6-9-19(10-7-14)13-15-3-1-2-4-17(15)22/h1-5,8,14,21-22H,6-7,9-13H2. The lowest BCUT2D eigenvalue weighted by atomic mass is 9.93. The van der Waals surface area contributed by atoms with Crippen LogP contribution in [0.15, 0.2) is 36.5 Å². The zero-order chi connectivity index (χ0) is 15.4. The summed E-state index contributed by atoms with van der Waals surface area (Å²) in [4.78, 5) is 2.39. The Kier molecular flexibility index (Phi) is 4.75. The highest BCUT2D eigenvalue weighted by atomic mass is 16.3. The van der Waals surface area contributed by atoms with Crippen molar-refractivity contribution in [3.8, 4) is 5.75 Å². The minimum atomic E-state index is 0.126. The molecular formula is C17H23N3O2. The van der Waals surface area contributed by atoms with Crippen LogP contribution >= 0.6 is 0 Å². The third kappa shape index (κ3) is 3.31. The Morgan fingerprint density at radius 2 is 1.91 bits per heavy atom. The molecule has 118 valence electrons. The Hall–Kier alpha value is -1.85. The van der Waals surface area contributed by atoms with E-state index >= 15 is 0 Å². The van der Waals surface area contributed by atoms with Crippen LogP contribution < -0.4 is 0 Å². The first-order valence-corrected chi connectivity index (χ1v) is 7.89. The quantitative estimate of drug-likeness (QED) is 0.886. The van der Waals surface area contributed by atoms with Crippen LogP contribution in [0.5, 0.6) is 5.75 Å². The number of para-hydroxylation sites is 1. The van der Waals surface area contributed by atoms with Crippen molar-refractivity contribution in [1.29, 1.82) is 0 Å². The number of nitrogens with zero attached hydrogens (tertiary/aromatic N) is 3. The van der Waals surface area contributed by atoms with Gasteiger partial charge in [-0.05, 0) is 38.1 Å². The predicted molar refractivity (Wildman–Crippen MR) is 84.7 cm³/mol. The van der Waals surface area contributed by atoms with Crippen LogP contribution in [-0.2, 0) is 13.1 Å². The van der Waals surface area contributed by atoms with Crippen LogP contribution in [0.2, 0.25) is 0 Å². The molecule has 1 fully saturated rings. The summed E-state index contributed by atoms with van der Waals surface area (Å²) in [6, 6.07) is 9.62. The molecule has 5 nitrogen and oxygen atoms in total. The van der Waals surface area contributed by atoms with Gasteiger partial charge in [0.1, 0.15) is 5.75 Å². The fourth-order valence-corrected chi connectivity index (χ4v) is 3.24. The summed E-state index contributed by atoms with van der Waals surface area (Å²) in [5, 5.41) is 23.3. The minimum absolute atomic E-state index is 0.126. The van der Waals surface area contributed by atoms with Crippen molar-refractivity contribution in [2.45, 2.75) is 31.8 Å². The van der Waals surface area contributed by atoms with E-state index in [1.165, 1.54) is 5.69 Å². The number of hydrogen-bond acceptors (Lipinski definition) is 4. The summed E-state index contributed by atoms with van der Waals surface area (Å²) < 4.78 is 1.92. The molecule has 1 saturated heterocycles. The van der Waals surface area contributed by atoms with Gasteiger partial charge in [-0.25, -0.2) is 0 Å². The second-order valence-electron chi connectivity index (χ2n) is 5.88. The molecule has 1 aliphatic heterocycles. The van der Waals surface area contributed by atoms with Crippen LogP contribution in [-0.4, -0.2) is 44.6 Å². The summed E-state index contributed by atoms with van der Waals surface area (Å²) in [5.74, 6) is 0.889. The summed E-state index contributed by atoms with van der Waals surface area (Å²) in [6.45, 7) is 3.53. The molecule has 0 unspecified atom stereocenters. The maximum Gasteiger partial charge on any atom is 0.120 e. The van der Waals surface area contributed by atoms with Gasteiger partial charge < -0.3 is 10.2 Å². The van der Waals surface area contributed by atoms with E-state index in [1.54, 1.807) is 6.07 Å². The lowest BCUT2D eigenvalue weighted by molar-refractivity contribution is 0.197. The molecule has 1 aliphatic rings. The summed E-state index contributed by atoms with van der Waals surface area (Å²) in [5.41, 5.74) is 2.22. The van der Waals surface area contributed by atoms with Gasteiger partial charge in [0.25, 0.3) is 0 Å². The maximum atomic E-state index is 9.88. The van der Waals surface area contributed by atoms with Gasteiger partial charge in [-0.3, -0.25) is 9.58 Å². The van der Waals surface area contributed by atoms with E-state index in [2.05, 4.69) is 16.1 Å². The van der Waals surface area contributed by atoms with Crippen molar-refractivity contribution >= 4 is 0 Å². The number of piperidine rings is 1. The second-order valence-corrected chi connectivity index (χ2v) is 5.88. The highest BCUT2D eigenvalue weighted by Gasteiger charge is 2.23. The lowest BCUT2D eigenvalue weighted by Gasteiger charge is -2.32. The van der Waals surface area contributed by atoms with Gasteiger partial charge in [-0.1, -0.05) is 18.2 Å². The third-order valence-electron chi connectivity index (χ3n) is 4.45. The van der Waals surface area contributed by atoms with E-state index in [1.807, 2.05) is 29.1 Å². The van der Waals surface area contributed by atoms with Gasteiger partial charge in [-0.15, -0.1) is 0 Å². The molecule has 5 heteroatoms. The van der Waals surface area contributed by atoms with Gasteiger partial charge >= 0.3 is 0 Å².